The lowest BCUT2D eigenvalue weighted by atomic mass is 10.1. The first-order valence-corrected chi connectivity index (χ1v) is 7.99. The molecule has 124 valence electrons. The topological polar surface area (TPSA) is 73.8 Å². The van der Waals surface area contributed by atoms with E-state index >= 15 is 0 Å². The molecule has 3 aromatic rings. The van der Waals surface area contributed by atoms with Crippen molar-refractivity contribution >= 4 is 11.6 Å². The fourth-order valence-corrected chi connectivity index (χ4v) is 2.59. The van der Waals surface area contributed by atoms with Crippen LogP contribution in [0.2, 0.25) is 5.02 Å². The zero-order valence-electron chi connectivity index (χ0n) is 13.5. The highest BCUT2D eigenvalue weighted by Gasteiger charge is 2.10. The summed E-state index contributed by atoms with van der Waals surface area (Å²) >= 11 is 5.87. The molecule has 0 bridgehead atoms. The number of benzene rings is 1. The van der Waals surface area contributed by atoms with Crippen molar-refractivity contribution in [1.82, 2.24) is 19.7 Å². The molecule has 0 radical (unpaired) electrons. The first kappa shape index (κ1) is 16.4. The van der Waals surface area contributed by atoms with E-state index in [0.717, 1.165) is 17.7 Å². The number of rotatable bonds is 5. The van der Waals surface area contributed by atoms with Crippen molar-refractivity contribution in [1.29, 1.82) is 0 Å². The number of nitrogens with zero attached hydrogens (tertiary/aromatic N) is 4. The van der Waals surface area contributed by atoms with Gasteiger partial charge in [-0.15, -0.1) is 0 Å². The van der Waals surface area contributed by atoms with Gasteiger partial charge >= 0.3 is 0 Å². The molecule has 2 heterocycles. The van der Waals surface area contributed by atoms with Crippen molar-refractivity contribution < 1.29 is 4.52 Å². The maximum atomic E-state index is 12.1. The predicted octanol–water partition coefficient (Wildman–Crippen LogP) is 2.73. The second-order valence-corrected chi connectivity index (χ2v) is 6.07. The second kappa shape index (κ2) is 6.97. The molecule has 0 spiro atoms. The van der Waals surface area contributed by atoms with Crippen molar-refractivity contribution in [2.45, 2.75) is 33.2 Å². The van der Waals surface area contributed by atoms with E-state index in [4.69, 9.17) is 16.1 Å². The van der Waals surface area contributed by atoms with Crippen LogP contribution >= 0.6 is 11.6 Å². The Kier molecular flexibility index (Phi) is 4.76. The van der Waals surface area contributed by atoms with Crippen molar-refractivity contribution in [2.75, 3.05) is 0 Å². The van der Waals surface area contributed by atoms with Crippen LogP contribution in [0.1, 0.15) is 28.7 Å². The SMILES string of the molecule is Cc1cn(Cc2nc(CCc3ccc(Cl)cc3)no2)c(=O)c(C)n1. The molecule has 0 saturated heterocycles. The fourth-order valence-electron chi connectivity index (χ4n) is 2.46. The second-order valence-electron chi connectivity index (χ2n) is 5.63. The molecule has 0 N–H and O–H groups in total. The van der Waals surface area contributed by atoms with E-state index in [2.05, 4.69) is 15.1 Å². The Labute approximate surface area is 144 Å². The van der Waals surface area contributed by atoms with E-state index in [1.807, 2.05) is 31.2 Å². The Balaban J connectivity index is 1.67. The van der Waals surface area contributed by atoms with Gasteiger partial charge < -0.3 is 9.09 Å². The molecule has 3 rings (SSSR count). The summed E-state index contributed by atoms with van der Waals surface area (Å²) in [4.78, 5) is 20.6. The Morgan fingerprint density at radius 2 is 1.88 bits per heavy atom. The molecule has 24 heavy (non-hydrogen) atoms. The zero-order valence-corrected chi connectivity index (χ0v) is 14.2. The minimum absolute atomic E-state index is 0.151. The largest absolute Gasteiger partial charge is 0.337 e. The summed E-state index contributed by atoms with van der Waals surface area (Å²) in [7, 11) is 0. The highest BCUT2D eigenvalue weighted by atomic mass is 35.5. The molecule has 0 amide bonds. The Bertz CT molecular complexity index is 900. The van der Waals surface area contributed by atoms with E-state index in [0.29, 0.717) is 28.9 Å². The van der Waals surface area contributed by atoms with Crippen molar-refractivity contribution in [3.05, 3.63) is 74.5 Å². The third kappa shape index (κ3) is 3.89. The molecule has 0 unspecified atom stereocenters. The molecule has 7 heteroatoms. The lowest BCUT2D eigenvalue weighted by Crippen LogP contribution is -2.24. The molecule has 0 aliphatic heterocycles. The van der Waals surface area contributed by atoms with Gasteiger partial charge in [-0.3, -0.25) is 9.78 Å². The third-order valence-corrected chi connectivity index (χ3v) is 3.88. The molecular weight excluding hydrogens is 328 g/mol. The minimum atomic E-state index is -0.151. The number of aryl methyl sites for hydroxylation is 4. The Morgan fingerprint density at radius 1 is 1.12 bits per heavy atom. The van der Waals surface area contributed by atoms with E-state index in [1.54, 1.807) is 13.1 Å². The van der Waals surface area contributed by atoms with Gasteiger partial charge in [-0.05, 0) is 38.0 Å². The van der Waals surface area contributed by atoms with Gasteiger partial charge in [-0.25, -0.2) is 0 Å². The molecule has 2 aromatic heterocycles. The number of hydrogen-bond donors (Lipinski definition) is 0. The average Bonchev–Trinajstić information content (AvgIpc) is 2.99. The lowest BCUT2D eigenvalue weighted by Gasteiger charge is -2.04. The summed E-state index contributed by atoms with van der Waals surface area (Å²) < 4.78 is 6.78. The molecule has 0 atom stereocenters. The van der Waals surface area contributed by atoms with E-state index in [1.165, 1.54) is 4.57 Å². The first-order valence-electron chi connectivity index (χ1n) is 7.62. The van der Waals surface area contributed by atoms with Crippen LogP contribution in [0.4, 0.5) is 0 Å². The van der Waals surface area contributed by atoms with Crippen molar-refractivity contribution in [3.8, 4) is 0 Å². The normalized spacial score (nSPS) is 11.0. The van der Waals surface area contributed by atoms with Crippen LogP contribution in [0.3, 0.4) is 0 Å². The molecule has 0 saturated carbocycles. The van der Waals surface area contributed by atoms with Crippen molar-refractivity contribution in [2.24, 2.45) is 0 Å². The van der Waals surface area contributed by atoms with Gasteiger partial charge in [0.25, 0.3) is 5.56 Å². The zero-order chi connectivity index (χ0) is 17.1. The molecule has 1 aromatic carbocycles. The van der Waals surface area contributed by atoms with E-state index < -0.39 is 0 Å². The van der Waals surface area contributed by atoms with Gasteiger partial charge in [-0.1, -0.05) is 28.9 Å². The maximum Gasteiger partial charge on any atom is 0.272 e. The van der Waals surface area contributed by atoms with Crippen LogP contribution in [0.15, 0.2) is 39.8 Å². The van der Waals surface area contributed by atoms with Crippen LogP contribution in [0.5, 0.6) is 0 Å². The van der Waals surface area contributed by atoms with Gasteiger partial charge in [0.1, 0.15) is 12.2 Å². The van der Waals surface area contributed by atoms with Gasteiger partial charge in [0.05, 0.1) is 5.69 Å². The summed E-state index contributed by atoms with van der Waals surface area (Å²) in [5.74, 6) is 1.03. The van der Waals surface area contributed by atoms with Crippen LogP contribution in [-0.2, 0) is 19.4 Å². The van der Waals surface area contributed by atoms with E-state index in [9.17, 15) is 4.79 Å². The molecular formula is C17H17ClN4O2. The Hall–Kier alpha value is -2.47. The highest BCUT2D eigenvalue weighted by Crippen LogP contribution is 2.11. The van der Waals surface area contributed by atoms with Crippen LogP contribution < -0.4 is 5.56 Å². The molecule has 6 nitrogen and oxygen atoms in total. The molecule has 0 aliphatic carbocycles. The van der Waals surface area contributed by atoms with Crippen LogP contribution in [0.25, 0.3) is 0 Å². The highest BCUT2D eigenvalue weighted by molar-refractivity contribution is 6.30. The minimum Gasteiger partial charge on any atom is -0.337 e. The van der Waals surface area contributed by atoms with Gasteiger partial charge in [-0.2, -0.15) is 4.98 Å². The predicted molar refractivity (Wildman–Crippen MR) is 90.2 cm³/mol. The van der Waals surface area contributed by atoms with Crippen LogP contribution in [-0.4, -0.2) is 19.7 Å². The third-order valence-electron chi connectivity index (χ3n) is 3.62. The fraction of sp³-hybridized carbons (Fsp3) is 0.294. The van der Waals surface area contributed by atoms with E-state index in [-0.39, 0.29) is 12.1 Å². The summed E-state index contributed by atoms with van der Waals surface area (Å²) in [5, 5.41) is 4.69. The van der Waals surface area contributed by atoms with Gasteiger partial charge in [0.2, 0.25) is 5.89 Å². The number of halogens is 1. The van der Waals surface area contributed by atoms with Gasteiger partial charge in [0, 0.05) is 17.6 Å². The Morgan fingerprint density at radius 3 is 2.62 bits per heavy atom. The van der Waals surface area contributed by atoms with Gasteiger partial charge in [0.15, 0.2) is 5.82 Å². The first-order chi connectivity index (χ1) is 11.5. The summed E-state index contributed by atoms with van der Waals surface area (Å²) in [6, 6.07) is 7.68. The van der Waals surface area contributed by atoms with Crippen LogP contribution in [0, 0.1) is 13.8 Å². The monoisotopic (exact) mass is 344 g/mol. The molecule has 0 fully saturated rings. The number of hydrogen-bond acceptors (Lipinski definition) is 5. The lowest BCUT2D eigenvalue weighted by molar-refractivity contribution is 0.364. The quantitative estimate of drug-likeness (QED) is 0.711. The standard InChI is InChI=1S/C17H17ClN4O2/c1-11-9-22(17(23)12(2)19-11)10-16-20-15(21-24-16)8-5-13-3-6-14(18)7-4-13/h3-4,6-7,9H,5,8,10H2,1-2H3. The van der Waals surface area contributed by atoms with Crippen molar-refractivity contribution in [3.63, 3.8) is 0 Å². The smallest absolute Gasteiger partial charge is 0.272 e. The summed E-state index contributed by atoms with van der Waals surface area (Å²) in [5.41, 5.74) is 2.23. The summed E-state index contributed by atoms with van der Waals surface area (Å²) in [6.45, 7) is 3.78. The maximum absolute atomic E-state index is 12.1. The molecule has 0 aliphatic rings. The average molecular weight is 345 g/mol. The summed E-state index contributed by atoms with van der Waals surface area (Å²) in [6.07, 6.45) is 3.14. The number of aromatic nitrogens is 4.